The number of nitrogens with zero attached hydrogens (tertiary/aromatic N) is 3. The van der Waals surface area contributed by atoms with E-state index in [-0.39, 0.29) is 24.8 Å². The molecule has 1 aromatic carbocycles. The van der Waals surface area contributed by atoms with Gasteiger partial charge in [0.25, 0.3) is 0 Å². The number of rotatable bonds is 6. The SMILES string of the molecule is N#CCNC(=O)C1C[C@@H](F)CC[C@H]1c1nc(CF)sc1-c1ccc(N2CCS(=O)CC2)cc1. The zero-order valence-corrected chi connectivity index (χ0v) is 19.8. The van der Waals surface area contributed by atoms with Gasteiger partial charge in [0.15, 0.2) is 0 Å². The quantitative estimate of drug-likeness (QED) is 0.622. The van der Waals surface area contributed by atoms with Crippen LogP contribution in [-0.2, 0) is 22.3 Å². The molecule has 1 N–H and O–H groups in total. The van der Waals surface area contributed by atoms with Crippen LogP contribution in [0.25, 0.3) is 10.4 Å². The van der Waals surface area contributed by atoms with Crippen LogP contribution in [-0.4, -0.2) is 52.4 Å². The first-order valence-electron chi connectivity index (χ1n) is 11.0. The van der Waals surface area contributed by atoms with E-state index in [1.807, 2.05) is 30.3 Å². The lowest BCUT2D eigenvalue weighted by Crippen LogP contribution is -2.38. The Balaban J connectivity index is 1.62. The van der Waals surface area contributed by atoms with Gasteiger partial charge in [-0.15, -0.1) is 11.3 Å². The van der Waals surface area contributed by atoms with Gasteiger partial charge >= 0.3 is 0 Å². The van der Waals surface area contributed by atoms with Crippen molar-refractivity contribution in [2.24, 2.45) is 5.92 Å². The van der Waals surface area contributed by atoms with Gasteiger partial charge in [0.05, 0.1) is 16.6 Å². The molecule has 6 nitrogen and oxygen atoms in total. The number of amides is 1. The number of aromatic nitrogens is 1. The molecule has 33 heavy (non-hydrogen) atoms. The van der Waals surface area contributed by atoms with E-state index in [9.17, 15) is 17.8 Å². The van der Waals surface area contributed by atoms with Gasteiger partial charge in [-0.05, 0) is 37.0 Å². The lowest BCUT2D eigenvalue weighted by molar-refractivity contribution is -0.127. The molecule has 3 atom stereocenters. The average Bonchev–Trinajstić information content (AvgIpc) is 3.27. The minimum Gasteiger partial charge on any atom is -0.370 e. The number of hydrogen-bond donors (Lipinski definition) is 1. The number of nitrogens with one attached hydrogen (secondary N) is 1. The molecule has 1 amide bonds. The third kappa shape index (κ3) is 5.41. The summed E-state index contributed by atoms with van der Waals surface area (Å²) in [7, 11) is -0.747. The van der Waals surface area contributed by atoms with E-state index in [0.29, 0.717) is 35.0 Å². The Morgan fingerprint density at radius 3 is 2.67 bits per heavy atom. The van der Waals surface area contributed by atoms with Crippen LogP contribution in [0.3, 0.4) is 0 Å². The van der Waals surface area contributed by atoms with Crippen molar-refractivity contribution in [3.8, 4) is 16.5 Å². The van der Waals surface area contributed by atoms with Crippen LogP contribution in [0, 0.1) is 17.2 Å². The number of nitriles is 1. The Labute approximate surface area is 198 Å². The van der Waals surface area contributed by atoms with Gasteiger partial charge in [0, 0.05) is 52.9 Å². The summed E-state index contributed by atoms with van der Waals surface area (Å²) in [5.41, 5.74) is 2.56. The van der Waals surface area contributed by atoms with Gasteiger partial charge in [-0.2, -0.15) is 5.26 Å². The molecule has 0 radical (unpaired) electrons. The summed E-state index contributed by atoms with van der Waals surface area (Å²) in [5.74, 6) is -0.0226. The smallest absolute Gasteiger partial charge is 0.224 e. The normalized spacial score (nSPS) is 23.8. The highest BCUT2D eigenvalue weighted by Gasteiger charge is 2.39. The van der Waals surface area contributed by atoms with E-state index in [0.717, 1.165) is 29.2 Å². The Hall–Kier alpha value is -2.38. The predicted octanol–water partition coefficient (Wildman–Crippen LogP) is 3.71. The van der Waals surface area contributed by atoms with Crippen molar-refractivity contribution in [1.82, 2.24) is 10.3 Å². The van der Waals surface area contributed by atoms with Crippen LogP contribution in [0.4, 0.5) is 14.5 Å². The molecule has 1 aliphatic heterocycles. The van der Waals surface area contributed by atoms with Crippen LogP contribution in [0.1, 0.15) is 35.9 Å². The van der Waals surface area contributed by atoms with E-state index < -0.39 is 29.6 Å². The van der Waals surface area contributed by atoms with E-state index in [2.05, 4.69) is 15.2 Å². The third-order valence-corrected chi connectivity index (χ3v) is 8.66. The Morgan fingerprint density at radius 2 is 2.00 bits per heavy atom. The first-order chi connectivity index (χ1) is 16.0. The molecule has 0 bridgehead atoms. The molecule has 1 saturated heterocycles. The largest absolute Gasteiger partial charge is 0.370 e. The van der Waals surface area contributed by atoms with E-state index >= 15 is 0 Å². The molecule has 10 heteroatoms. The van der Waals surface area contributed by atoms with Crippen LogP contribution in [0.2, 0.25) is 0 Å². The molecular formula is C23H26F2N4O2S2. The number of carbonyl (C=O) groups is 1. The van der Waals surface area contributed by atoms with Crippen molar-refractivity contribution in [2.75, 3.05) is 36.0 Å². The molecule has 2 heterocycles. The highest BCUT2D eigenvalue weighted by Crippen LogP contribution is 2.45. The Kier molecular flexibility index (Phi) is 7.71. The van der Waals surface area contributed by atoms with Crippen LogP contribution >= 0.6 is 11.3 Å². The van der Waals surface area contributed by atoms with E-state index in [1.165, 1.54) is 11.3 Å². The second kappa shape index (κ2) is 10.7. The molecule has 1 unspecified atom stereocenters. The maximum atomic E-state index is 14.2. The fourth-order valence-electron chi connectivity index (χ4n) is 4.61. The van der Waals surface area contributed by atoms with Crippen LogP contribution in [0.15, 0.2) is 24.3 Å². The summed E-state index contributed by atoms with van der Waals surface area (Å²) >= 11 is 1.26. The van der Waals surface area contributed by atoms with Gasteiger partial charge in [-0.1, -0.05) is 12.1 Å². The molecule has 2 fully saturated rings. The monoisotopic (exact) mass is 492 g/mol. The van der Waals surface area contributed by atoms with E-state index in [4.69, 9.17) is 5.26 Å². The Morgan fingerprint density at radius 1 is 1.27 bits per heavy atom. The maximum Gasteiger partial charge on any atom is 0.224 e. The van der Waals surface area contributed by atoms with Gasteiger partial charge in [-0.25, -0.2) is 13.8 Å². The highest BCUT2D eigenvalue weighted by molar-refractivity contribution is 7.85. The predicted molar refractivity (Wildman–Crippen MR) is 126 cm³/mol. The zero-order valence-electron chi connectivity index (χ0n) is 18.1. The van der Waals surface area contributed by atoms with Gasteiger partial charge in [0.2, 0.25) is 5.91 Å². The van der Waals surface area contributed by atoms with E-state index in [1.54, 1.807) is 0 Å². The van der Waals surface area contributed by atoms with Crippen LogP contribution < -0.4 is 10.2 Å². The summed E-state index contributed by atoms with van der Waals surface area (Å²) < 4.78 is 39.4. The summed E-state index contributed by atoms with van der Waals surface area (Å²) in [4.78, 5) is 20.2. The second-order valence-electron chi connectivity index (χ2n) is 8.34. The number of anilines is 1. The first kappa shape index (κ1) is 23.8. The number of alkyl halides is 2. The van der Waals surface area contributed by atoms with Gasteiger partial charge in [0.1, 0.15) is 24.4 Å². The second-order valence-corrected chi connectivity index (χ2v) is 11.1. The van der Waals surface area contributed by atoms with Gasteiger partial charge in [-0.3, -0.25) is 9.00 Å². The fraction of sp³-hybridized carbons (Fsp3) is 0.522. The zero-order chi connectivity index (χ0) is 23.4. The summed E-state index contributed by atoms with van der Waals surface area (Å²) in [6.07, 6.45) is -0.250. The molecule has 0 spiro atoms. The summed E-state index contributed by atoms with van der Waals surface area (Å²) in [5, 5.41) is 11.7. The lowest BCUT2D eigenvalue weighted by atomic mass is 9.75. The maximum absolute atomic E-state index is 14.2. The van der Waals surface area contributed by atoms with Crippen molar-refractivity contribution < 1.29 is 17.8 Å². The third-order valence-electron chi connectivity index (χ3n) is 6.30. The molecule has 1 aliphatic carbocycles. The molecule has 4 rings (SSSR count). The number of thiazole rings is 1. The van der Waals surface area contributed by atoms with Crippen molar-refractivity contribution in [3.63, 3.8) is 0 Å². The van der Waals surface area contributed by atoms with Crippen molar-refractivity contribution in [1.29, 1.82) is 5.26 Å². The van der Waals surface area contributed by atoms with Gasteiger partial charge < -0.3 is 10.2 Å². The minimum atomic E-state index is -1.08. The summed E-state index contributed by atoms with van der Waals surface area (Å²) in [6, 6.07) is 9.80. The average molecular weight is 493 g/mol. The first-order valence-corrected chi connectivity index (χ1v) is 13.3. The molecule has 2 aromatic rings. The fourth-order valence-corrected chi connectivity index (χ4v) is 6.65. The Bertz CT molecular complexity index is 1040. The minimum absolute atomic E-state index is 0.0686. The standard InChI is InChI=1S/C23H26F2N4O2S2/c24-14-20-28-21(18-6-3-16(25)13-19(18)23(30)27-8-7-26)22(32-20)15-1-4-17(5-2-15)29-9-11-33(31)12-10-29/h1-2,4-5,16,18-19H,3,6,8-14H2,(H,27,30)/t16-,18+,19?/m0/s1. The van der Waals surface area contributed by atoms with Crippen molar-refractivity contribution >= 4 is 33.7 Å². The molecule has 1 saturated carbocycles. The summed E-state index contributed by atoms with van der Waals surface area (Å²) in [6.45, 7) is 0.653. The van der Waals surface area contributed by atoms with Crippen LogP contribution in [0.5, 0.6) is 0 Å². The van der Waals surface area contributed by atoms with Crippen molar-refractivity contribution in [3.05, 3.63) is 35.0 Å². The number of carbonyl (C=O) groups excluding carboxylic acids is 1. The number of hydrogen-bond acceptors (Lipinski definition) is 6. The molecule has 1 aromatic heterocycles. The topological polar surface area (TPSA) is 86.1 Å². The van der Waals surface area contributed by atoms with Crippen molar-refractivity contribution in [2.45, 2.75) is 38.0 Å². The molecule has 2 aliphatic rings. The number of benzene rings is 1. The highest BCUT2D eigenvalue weighted by atomic mass is 32.2. The molecule has 176 valence electrons. The number of halogens is 2. The molecular weight excluding hydrogens is 466 g/mol. The lowest BCUT2D eigenvalue weighted by Gasteiger charge is -2.32.